The van der Waals surface area contributed by atoms with Crippen LogP contribution in [0.1, 0.15) is 0 Å². The first-order valence-electron chi connectivity index (χ1n) is 10.1. The Morgan fingerprint density at radius 3 is 2.52 bits per heavy atom. The van der Waals surface area contributed by atoms with Crippen molar-refractivity contribution in [3.05, 3.63) is 53.2 Å². The molecule has 1 aliphatic rings. The number of nitrogens with zero attached hydrogens (tertiary/aromatic N) is 2. The average Bonchev–Trinajstić information content (AvgIpc) is 3.25. The number of halogens is 2. The molecule has 2 aromatic carbocycles. The van der Waals surface area contributed by atoms with E-state index in [-0.39, 0.29) is 18.0 Å². The van der Waals surface area contributed by atoms with Gasteiger partial charge in [-0.2, -0.15) is 0 Å². The molecule has 8 nitrogen and oxygen atoms in total. The van der Waals surface area contributed by atoms with Gasteiger partial charge in [-0.3, -0.25) is 4.79 Å². The van der Waals surface area contributed by atoms with Gasteiger partial charge in [-0.1, -0.05) is 35.8 Å². The van der Waals surface area contributed by atoms with E-state index in [1.807, 2.05) is 18.2 Å². The lowest BCUT2D eigenvalue weighted by molar-refractivity contribution is -0.117. The predicted molar refractivity (Wildman–Crippen MR) is 128 cm³/mol. The van der Waals surface area contributed by atoms with Crippen molar-refractivity contribution in [3.63, 3.8) is 0 Å². The summed E-state index contributed by atoms with van der Waals surface area (Å²) in [5.41, 5.74) is 2.10. The van der Waals surface area contributed by atoms with Crippen molar-refractivity contribution in [1.29, 1.82) is 0 Å². The highest BCUT2D eigenvalue weighted by molar-refractivity contribution is 6.41. The summed E-state index contributed by atoms with van der Waals surface area (Å²) in [6.07, 6.45) is 2.94. The van der Waals surface area contributed by atoms with Gasteiger partial charge >= 0.3 is 0 Å². The van der Waals surface area contributed by atoms with E-state index in [2.05, 4.69) is 27.2 Å². The van der Waals surface area contributed by atoms with Crippen LogP contribution in [-0.4, -0.2) is 55.4 Å². The molecule has 0 radical (unpaired) electrons. The molecule has 4 rings (SSSR count). The van der Waals surface area contributed by atoms with Crippen molar-refractivity contribution in [2.75, 3.05) is 32.8 Å². The van der Waals surface area contributed by atoms with Crippen molar-refractivity contribution in [1.82, 2.24) is 15.3 Å². The number of benzene rings is 2. The normalized spacial score (nSPS) is 17.6. The zero-order valence-corrected chi connectivity index (χ0v) is 19.5. The lowest BCUT2D eigenvalue weighted by atomic mass is 10.0. The number of ether oxygens (including phenoxy) is 3. The summed E-state index contributed by atoms with van der Waals surface area (Å²) in [4.78, 5) is 20.7. The second-order valence-corrected chi connectivity index (χ2v) is 8.11. The van der Waals surface area contributed by atoms with Crippen molar-refractivity contribution in [3.8, 4) is 22.6 Å². The molecule has 0 saturated carbocycles. The molecule has 1 aliphatic heterocycles. The summed E-state index contributed by atoms with van der Waals surface area (Å²) < 4.78 is 16.2. The van der Waals surface area contributed by atoms with Crippen LogP contribution in [-0.2, 0) is 9.53 Å². The van der Waals surface area contributed by atoms with Gasteiger partial charge in [-0.05, 0) is 23.8 Å². The lowest BCUT2D eigenvalue weighted by Crippen LogP contribution is -2.45. The van der Waals surface area contributed by atoms with Gasteiger partial charge in [-0.25, -0.2) is 9.97 Å². The minimum absolute atomic E-state index is 0.160. The van der Waals surface area contributed by atoms with Gasteiger partial charge in [0.1, 0.15) is 11.5 Å². The quantitative estimate of drug-likeness (QED) is 0.483. The maximum Gasteiger partial charge on any atom is 0.243 e. The van der Waals surface area contributed by atoms with E-state index in [0.717, 1.165) is 16.5 Å². The molecule has 3 aromatic rings. The van der Waals surface area contributed by atoms with Crippen LogP contribution in [0, 0.1) is 0 Å². The third-order valence-corrected chi connectivity index (χ3v) is 6.10. The molecule has 1 saturated heterocycles. The van der Waals surface area contributed by atoms with Gasteiger partial charge in [-0.15, -0.1) is 0 Å². The fraction of sp³-hybridized carbons (Fsp3) is 0.261. The Bertz CT molecular complexity index is 1190. The molecule has 2 atom stereocenters. The average molecular weight is 489 g/mol. The molecule has 33 heavy (non-hydrogen) atoms. The fourth-order valence-corrected chi connectivity index (χ4v) is 4.36. The minimum Gasteiger partial charge on any atom is -0.495 e. The maximum absolute atomic E-state index is 11.6. The Morgan fingerprint density at radius 1 is 1.15 bits per heavy atom. The van der Waals surface area contributed by atoms with Gasteiger partial charge in [0.05, 0.1) is 55.1 Å². The molecule has 2 heterocycles. The summed E-state index contributed by atoms with van der Waals surface area (Å²) in [7, 11) is 3.06. The summed E-state index contributed by atoms with van der Waals surface area (Å²) in [5, 5.41) is 7.65. The third-order valence-electron chi connectivity index (χ3n) is 5.35. The highest BCUT2D eigenvalue weighted by Gasteiger charge is 2.29. The predicted octanol–water partition coefficient (Wildman–Crippen LogP) is 4.10. The molecular weight excluding hydrogens is 467 g/mol. The van der Waals surface area contributed by atoms with Crippen LogP contribution in [0.3, 0.4) is 0 Å². The van der Waals surface area contributed by atoms with Crippen LogP contribution in [0.25, 0.3) is 22.0 Å². The second-order valence-electron chi connectivity index (χ2n) is 7.36. The number of fused-ring (bicyclic) bond motifs is 1. The van der Waals surface area contributed by atoms with Crippen LogP contribution in [0.2, 0.25) is 10.0 Å². The molecule has 2 unspecified atom stereocenters. The molecule has 2 N–H and O–H groups in total. The summed E-state index contributed by atoms with van der Waals surface area (Å²) in [6, 6.07) is 6.91. The number of anilines is 1. The van der Waals surface area contributed by atoms with Gasteiger partial charge in [0.2, 0.25) is 11.9 Å². The highest BCUT2D eigenvalue weighted by atomic mass is 35.5. The maximum atomic E-state index is 11.6. The zero-order valence-electron chi connectivity index (χ0n) is 18.0. The van der Waals surface area contributed by atoms with E-state index in [9.17, 15) is 4.79 Å². The largest absolute Gasteiger partial charge is 0.495 e. The number of amides is 1. The van der Waals surface area contributed by atoms with Gasteiger partial charge in [0.25, 0.3) is 0 Å². The first kappa shape index (κ1) is 23.1. The van der Waals surface area contributed by atoms with Gasteiger partial charge in [0, 0.05) is 23.2 Å². The van der Waals surface area contributed by atoms with Crippen molar-refractivity contribution >= 4 is 46.0 Å². The summed E-state index contributed by atoms with van der Waals surface area (Å²) in [5.74, 6) is 1.10. The Labute approximate surface area is 200 Å². The van der Waals surface area contributed by atoms with Crippen LogP contribution in [0.4, 0.5) is 5.95 Å². The van der Waals surface area contributed by atoms with E-state index in [1.165, 1.54) is 20.3 Å². The minimum atomic E-state index is -0.254. The first-order valence-corrected chi connectivity index (χ1v) is 10.8. The molecule has 1 fully saturated rings. The molecule has 0 aliphatic carbocycles. The van der Waals surface area contributed by atoms with E-state index in [4.69, 9.17) is 37.4 Å². The molecule has 10 heteroatoms. The molecule has 1 amide bonds. The molecule has 0 bridgehead atoms. The molecule has 1 aromatic heterocycles. The van der Waals surface area contributed by atoms with E-state index in [1.54, 1.807) is 12.3 Å². The first-order chi connectivity index (χ1) is 15.9. The Balaban J connectivity index is 1.63. The number of methoxy groups -OCH3 is 2. The Kier molecular flexibility index (Phi) is 6.88. The molecule has 172 valence electrons. The van der Waals surface area contributed by atoms with Crippen LogP contribution in [0.15, 0.2) is 43.1 Å². The fourth-order valence-electron chi connectivity index (χ4n) is 3.64. The monoisotopic (exact) mass is 488 g/mol. The third kappa shape index (κ3) is 4.68. The number of rotatable bonds is 7. The number of nitrogens with one attached hydrogen (secondary N) is 2. The van der Waals surface area contributed by atoms with E-state index >= 15 is 0 Å². The molecule has 0 spiro atoms. The second kappa shape index (κ2) is 9.82. The number of hydrogen-bond donors (Lipinski definition) is 2. The van der Waals surface area contributed by atoms with E-state index < -0.39 is 0 Å². The standard InChI is InChI=1S/C23H22Cl2N4O4/c1-4-19(30)27-15-10-33-11-16(15)29-23-26-9-13-7-12(5-6-14(13)28-23)20-21(24)17(31-2)8-18(32-3)22(20)25/h4-9,15-16H,1,10-11H2,2-3H3,(H,27,30)(H,26,28,29). The van der Waals surface area contributed by atoms with Crippen molar-refractivity contribution < 1.29 is 19.0 Å². The van der Waals surface area contributed by atoms with Crippen LogP contribution in [0.5, 0.6) is 11.5 Å². The summed E-state index contributed by atoms with van der Waals surface area (Å²) >= 11 is 13.1. The lowest BCUT2D eigenvalue weighted by Gasteiger charge is -2.19. The Hall–Kier alpha value is -3.07. The summed E-state index contributed by atoms with van der Waals surface area (Å²) in [6.45, 7) is 4.31. The highest BCUT2D eigenvalue weighted by Crippen LogP contribution is 2.46. The number of carbonyl (C=O) groups is 1. The SMILES string of the molecule is C=CC(=O)NC1COCC1Nc1ncc2cc(-c3c(Cl)c(OC)cc(OC)c3Cl)ccc2n1. The topological polar surface area (TPSA) is 94.6 Å². The van der Waals surface area contributed by atoms with Gasteiger partial charge < -0.3 is 24.8 Å². The van der Waals surface area contributed by atoms with E-state index in [0.29, 0.717) is 46.3 Å². The van der Waals surface area contributed by atoms with Gasteiger partial charge in [0.15, 0.2) is 0 Å². The smallest absolute Gasteiger partial charge is 0.243 e. The van der Waals surface area contributed by atoms with Crippen LogP contribution >= 0.6 is 23.2 Å². The van der Waals surface area contributed by atoms with Crippen molar-refractivity contribution in [2.24, 2.45) is 0 Å². The molecular formula is C23H22Cl2N4O4. The number of carbonyl (C=O) groups excluding carboxylic acids is 1. The van der Waals surface area contributed by atoms with Crippen molar-refractivity contribution in [2.45, 2.75) is 12.1 Å². The van der Waals surface area contributed by atoms with Crippen LogP contribution < -0.4 is 20.1 Å². The number of aromatic nitrogens is 2. The Morgan fingerprint density at radius 2 is 1.85 bits per heavy atom. The number of hydrogen-bond acceptors (Lipinski definition) is 7. The zero-order chi connectivity index (χ0) is 23.5.